The Hall–Kier alpha value is -3.01. The second kappa shape index (κ2) is 9.79. The summed E-state index contributed by atoms with van der Waals surface area (Å²) in [7, 11) is 0. The maximum absolute atomic E-state index is 13.3. The number of amides is 1. The highest BCUT2D eigenvalue weighted by molar-refractivity contribution is 7.99. The summed E-state index contributed by atoms with van der Waals surface area (Å²) in [5, 5.41) is 13.1. The Labute approximate surface area is 163 Å². The number of carbonyl (C=O) groups excluding carboxylic acids is 2. The molecule has 1 N–H and O–H groups in total. The molecule has 0 fully saturated rings. The smallest absolute Gasteiger partial charge is 0.307 e. The topological polar surface area (TPSA) is 98.5 Å². The first kappa shape index (κ1) is 21.3. The molecule has 10 heteroatoms. The van der Waals surface area contributed by atoms with Gasteiger partial charge < -0.3 is 10.1 Å². The molecule has 0 radical (unpaired) electrons. The van der Waals surface area contributed by atoms with Crippen LogP contribution < -0.4 is 5.32 Å². The van der Waals surface area contributed by atoms with Gasteiger partial charge in [0.1, 0.15) is 5.82 Å². The molecule has 0 spiro atoms. The third-order valence-corrected chi connectivity index (χ3v) is 4.49. The van der Waals surface area contributed by atoms with Crippen molar-refractivity contribution in [3.05, 3.63) is 64.2 Å². The number of carbonyl (C=O) groups is 2. The largest absolute Gasteiger partial charge is 0.453 e. The summed E-state index contributed by atoms with van der Waals surface area (Å²) >= 11 is 1.33. The molecule has 0 heterocycles. The van der Waals surface area contributed by atoms with Gasteiger partial charge in [-0.15, -0.1) is 11.8 Å². The van der Waals surface area contributed by atoms with Gasteiger partial charge >= 0.3 is 11.7 Å². The number of hydrogen-bond acceptors (Lipinski definition) is 6. The number of hydrogen-bond donors (Lipinski definition) is 1. The van der Waals surface area contributed by atoms with E-state index in [2.05, 4.69) is 5.32 Å². The van der Waals surface area contributed by atoms with Crippen LogP contribution in [0.3, 0.4) is 0 Å². The molecule has 0 saturated carbocycles. The van der Waals surface area contributed by atoms with E-state index in [1.54, 1.807) is 12.1 Å². The molecule has 2 aromatic rings. The monoisotopic (exact) mass is 410 g/mol. The Morgan fingerprint density at radius 1 is 1.21 bits per heavy atom. The predicted molar refractivity (Wildman–Crippen MR) is 99.0 cm³/mol. The predicted octanol–water partition coefficient (Wildman–Crippen LogP) is 3.93. The summed E-state index contributed by atoms with van der Waals surface area (Å²) in [6, 6.07) is 8.69. The van der Waals surface area contributed by atoms with E-state index in [9.17, 15) is 28.5 Å². The van der Waals surface area contributed by atoms with Gasteiger partial charge in [-0.25, -0.2) is 4.39 Å². The van der Waals surface area contributed by atoms with Gasteiger partial charge in [0.05, 0.1) is 11.3 Å². The Balaban J connectivity index is 1.81. The number of rotatable bonds is 8. The van der Waals surface area contributed by atoms with Gasteiger partial charge in [-0.05, 0) is 43.3 Å². The number of benzene rings is 2. The number of nitrogens with one attached hydrogen (secondary N) is 1. The molecule has 0 aliphatic heterocycles. The average Bonchev–Trinajstić information content (AvgIpc) is 2.64. The van der Waals surface area contributed by atoms with Gasteiger partial charge in [0, 0.05) is 22.4 Å². The number of esters is 1. The summed E-state index contributed by atoms with van der Waals surface area (Å²) in [5.41, 5.74) is -0.770. The van der Waals surface area contributed by atoms with Crippen molar-refractivity contribution in [3.8, 4) is 0 Å². The molecule has 0 aliphatic carbocycles. The first-order valence-corrected chi connectivity index (χ1v) is 9.07. The second-order valence-electron chi connectivity index (χ2n) is 5.60. The van der Waals surface area contributed by atoms with Crippen LogP contribution in [0.4, 0.5) is 20.2 Å². The van der Waals surface area contributed by atoms with Crippen molar-refractivity contribution < 1.29 is 28.0 Å². The molecule has 1 unspecified atom stereocenters. The zero-order valence-electron chi connectivity index (χ0n) is 14.7. The normalized spacial score (nSPS) is 11.5. The molecule has 7 nitrogen and oxygen atoms in total. The van der Waals surface area contributed by atoms with E-state index >= 15 is 0 Å². The molecule has 148 valence electrons. The van der Waals surface area contributed by atoms with Crippen LogP contribution in [0.25, 0.3) is 0 Å². The van der Waals surface area contributed by atoms with Crippen LogP contribution in [-0.2, 0) is 14.3 Å². The first-order valence-electron chi connectivity index (χ1n) is 8.09. The third kappa shape index (κ3) is 6.31. The molecule has 1 amide bonds. The number of nitrogens with zero attached hydrogens (tertiary/aromatic N) is 1. The fourth-order valence-corrected chi connectivity index (χ4v) is 2.90. The van der Waals surface area contributed by atoms with Crippen LogP contribution in [0.1, 0.15) is 13.3 Å². The van der Waals surface area contributed by atoms with Gasteiger partial charge in [0.25, 0.3) is 5.91 Å². The van der Waals surface area contributed by atoms with Crippen molar-refractivity contribution in [1.82, 2.24) is 0 Å². The van der Waals surface area contributed by atoms with Crippen molar-refractivity contribution in [2.75, 3.05) is 11.1 Å². The van der Waals surface area contributed by atoms with E-state index in [0.717, 1.165) is 23.1 Å². The molecular weight excluding hydrogens is 394 g/mol. The lowest BCUT2D eigenvalue weighted by Gasteiger charge is -2.13. The van der Waals surface area contributed by atoms with Crippen LogP contribution in [-0.4, -0.2) is 28.7 Å². The fourth-order valence-electron chi connectivity index (χ4n) is 2.07. The number of ether oxygens (including phenoxy) is 1. The lowest BCUT2D eigenvalue weighted by molar-refractivity contribution is -0.387. The van der Waals surface area contributed by atoms with Crippen molar-refractivity contribution in [2.45, 2.75) is 24.3 Å². The highest BCUT2D eigenvalue weighted by Gasteiger charge is 2.20. The molecule has 0 aliphatic rings. The molecule has 2 aromatic carbocycles. The summed E-state index contributed by atoms with van der Waals surface area (Å²) < 4.78 is 31.1. The van der Waals surface area contributed by atoms with Crippen molar-refractivity contribution in [1.29, 1.82) is 0 Å². The summed E-state index contributed by atoms with van der Waals surface area (Å²) in [4.78, 5) is 34.5. The fraction of sp³-hybridized carbons (Fsp3) is 0.222. The Morgan fingerprint density at radius 3 is 2.54 bits per heavy atom. The van der Waals surface area contributed by atoms with Gasteiger partial charge in [0.15, 0.2) is 6.10 Å². The van der Waals surface area contributed by atoms with E-state index < -0.39 is 34.4 Å². The highest BCUT2D eigenvalue weighted by atomic mass is 32.2. The standard InChI is InChI=1S/C18H16F2N2O5S/c1-11(18(24)21-13-4-7-15(20)16(10-13)22(25)26)27-17(23)8-9-28-14-5-2-12(19)3-6-14/h2-7,10-11H,8-9H2,1H3,(H,21,24). The molecule has 2 rings (SSSR count). The maximum Gasteiger partial charge on any atom is 0.307 e. The molecule has 0 saturated heterocycles. The molecule has 28 heavy (non-hydrogen) atoms. The highest BCUT2D eigenvalue weighted by Crippen LogP contribution is 2.22. The summed E-state index contributed by atoms with van der Waals surface area (Å²) in [6.07, 6.45) is -1.12. The van der Waals surface area contributed by atoms with Crippen LogP contribution in [0.15, 0.2) is 47.4 Å². The van der Waals surface area contributed by atoms with Gasteiger partial charge in [-0.3, -0.25) is 19.7 Å². The third-order valence-electron chi connectivity index (χ3n) is 3.48. The lowest BCUT2D eigenvalue weighted by atomic mass is 10.2. The molecule has 0 aromatic heterocycles. The Morgan fingerprint density at radius 2 is 1.89 bits per heavy atom. The van der Waals surface area contributed by atoms with E-state index in [1.165, 1.54) is 30.8 Å². The minimum Gasteiger partial charge on any atom is -0.453 e. The number of nitro groups is 1. The van der Waals surface area contributed by atoms with Crippen LogP contribution >= 0.6 is 11.8 Å². The second-order valence-corrected chi connectivity index (χ2v) is 6.77. The zero-order chi connectivity index (χ0) is 20.7. The van der Waals surface area contributed by atoms with Gasteiger partial charge in [-0.2, -0.15) is 4.39 Å². The van der Waals surface area contributed by atoms with Gasteiger partial charge in [0.2, 0.25) is 5.82 Å². The van der Waals surface area contributed by atoms with Crippen LogP contribution in [0, 0.1) is 21.7 Å². The number of anilines is 1. The van der Waals surface area contributed by atoms with E-state index in [4.69, 9.17) is 4.74 Å². The van der Waals surface area contributed by atoms with E-state index in [1.807, 2.05) is 0 Å². The van der Waals surface area contributed by atoms with E-state index in [-0.39, 0.29) is 17.9 Å². The average molecular weight is 410 g/mol. The van der Waals surface area contributed by atoms with Crippen LogP contribution in [0.5, 0.6) is 0 Å². The minimum atomic E-state index is -1.15. The van der Waals surface area contributed by atoms with Crippen molar-refractivity contribution in [3.63, 3.8) is 0 Å². The molecule has 1 atom stereocenters. The lowest BCUT2D eigenvalue weighted by Crippen LogP contribution is -2.30. The minimum absolute atomic E-state index is 0.00728. The number of thioether (sulfide) groups is 1. The van der Waals surface area contributed by atoms with Crippen molar-refractivity contribution in [2.24, 2.45) is 0 Å². The zero-order valence-corrected chi connectivity index (χ0v) is 15.5. The van der Waals surface area contributed by atoms with Crippen LogP contribution in [0.2, 0.25) is 0 Å². The number of halogens is 2. The summed E-state index contributed by atoms with van der Waals surface area (Å²) in [6.45, 7) is 1.35. The van der Waals surface area contributed by atoms with Crippen molar-refractivity contribution >= 4 is 35.0 Å². The number of nitro benzene ring substituents is 1. The Kier molecular flexibility index (Phi) is 7.44. The molecule has 0 bridgehead atoms. The summed E-state index contributed by atoms with van der Waals surface area (Å²) in [5.74, 6) is -2.32. The molecular formula is C18H16F2N2O5S. The maximum atomic E-state index is 13.3. The van der Waals surface area contributed by atoms with E-state index in [0.29, 0.717) is 5.75 Å². The Bertz CT molecular complexity index is 877. The van der Waals surface area contributed by atoms with Gasteiger partial charge in [-0.1, -0.05) is 0 Å². The SMILES string of the molecule is CC(OC(=O)CCSc1ccc(F)cc1)C(=O)Nc1ccc(F)c([N+](=O)[O-])c1. The quantitative estimate of drug-likeness (QED) is 0.306. The first-order chi connectivity index (χ1) is 13.3.